The zero-order valence-corrected chi connectivity index (χ0v) is 16.6. The van der Waals surface area contributed by atoms with Gasteiger partial charge in [0.15, 0.2) is 5.96 Å². The highest BCUT2D eigenvalue weighted by Crippen LogP contribution is 2.27. The van der Waals surface area contributed by atoms with Crippen LogP contribution >= 0.6 is 27.3 Å². The zero-order chi connectivity index (χ0) is 16.9. The molecule has 3 rings (SSSR count). The second kappa shape index (κ2) is 8.16. The molecule has 24 heavy (non-hydrogen) atoms. The van der Waals surface area contributed by atoms with Gasteiger partial charge in [-0.15, -0.1) is 11.3 Å². The Hall–Kier alpha value is -1.34. The first-order chi connectivity index (χ1) is 11.7. The maximum Gasteiger partial charge on any atom is 0.193 e. The maximum atomic E-state index is 4.49. The highest BCUT2D eigenvalue weighted by molar-refractivity contribution is 9.11. The predicted octanol–water partition coefficient (Wildman–Crippen LogP) is 3.41. The molecule has 1 aliphatic rings. The Kier molecular flexibility index (Phi) is 5.94. The largest absolute Gasteiger partial charge is 0.356 e. The van der Waals surface area contributed by atoms with Gasteiger partial charge in [-0.25, -0.2) is 4.98 Å². The van der Waals surface area contributed by atoms with Crippen LogP contribution in [-0.2, 0) is 6.42 Å². The summed E-state index contributed by atoms with van der Waals surface area (Å²) in [5, 5.41) is 3.52. The van der Waals surface area contributed by atoms with Crippen LogP contribution < -0.4 is 5.32 Å². The summed E-state index contributed by atoms with van der Waals surface area (Å²) in [6, 6.07) is 4.74. The van der Waals surface area contributed by atoms with E-state index in [1.54, 1.807) is 11.3 Å². The maximum absolute atomic E-state index is 4.49. The molecule has 2 aromatic heterocycles. The van der Waals surface area contributed by atoms with E-state index in [0.29, 0.717) is 12.0 Å². The highest BCUT2D eigenvalue weighted by Gasteiger charge is 2.28. The topological polar surface area (TPSA) is 45.5 Å². The summed E-state index contributed by atoms with van der Waals surface area (Å²) >= 11 is 5.31. The third-order valence-electron chi connectivity index (χ3n) is 4.62. The SMILES string of the molecule is CN=C(NCCc1ccc(Br)s1)N1CCC(C)C(n2ccnc2)C1. The van der Waals surface area contributed by atoms with E-state index in [1.165, 1.54) is 15.1 Å². The Morgan fingerprint density at radius 3 is 3.04 bits per heavy atom. The van der Waals surface area contributed by atoms with Crippen LogP contribution in [0.2, 0.25) is 0 Å². The van der Waals surface area contributed by atoms with E-state index in [-0.39, 0.29) is 0 Å². The number of nitrogens with one attached hydrogen (secondary N) is 1. The van der Waals surface area contributed by atoms with E-state index in [1.807, 2.05) is 19.6 Å². The third-order valence-corrected chi connectivity index (χ3v) is 6.30. The summed E-state index contributed by atoms with van der Waals surface area (Å²) in [4.78, 5) is 12.4. The first-order valence-electron chi connectivity index (χ1n) is 8.34. The number of hydrogen-bond acceptors (Lipinski definition) is 3. The Labute approximate surface area is 155 Å². The van der Waals surface area contributed by atoms with Crippen molar-refractivity contribution in [1.82, 2.24) is 19.8 Å². The molecule has 1 N–H and O–H groups in total. The molecule has 0 saturated carbocycles. The van der Waals surface area contributed by atoms with Gasteiger partial charge < -0.3 is 14.8 Å². The molecule has 0 radical (unpaired) electrons. The standard InChI is InChI=1S/C17H24BrN5S/c1-13-6-9-22(11-15(13)23-10-8-20-12-23)17(19-2)21-7-5-14-3-4-16(18)24-14/h3-4,8,10,12-13,15H,5-7,9,11H2,1-2H3,(H,19,21). The number of rotatable bonds is 4. The number of nitrogens with zero attached hydrogens (tertiary/aromatic N) is 4. The van der Waals surface area contributed by atoms with Crippen LogP contribution in [0.4, 0.5) is 0 Å². The van der Waals surface area contributed by atoms with E-state index in [9.17, 15) is 0 Å². The lowest BCUT2D eigenvalue weighted by Gasteiger charge is -2.39. The van der Waals surface area contributed by atoms with Crippen molar-refractivity contribution < 1.29 is 0 Å². The molecule has 2 aromatic rings. The van der Waals surface area contributed by atoms with Gasteiger partial charge in [-0.1, -0.05) is 6.92 Å². The van der Waals surface area contributed by atoms with Crippen molar-refractivity contribution in [2.45, 2.75) is 25.8 Å². The van der Waals surface area contributed by atoms with Gasteiger partial charge in [0.05, 0.1) is 16.2 Å². The summed E-state index contributed by atoms with van der Waals surface area (Å²) in [6.45, 7) is 5.26. The Morgan fingerprint density at radius 2 is 2.38 bits per heavy atom. The Morgan fingerprint density at radius 1 is 1.50 bits per heavy atom. The van der Waals surface area contributed by atoms with Gasteiger partial charge in [0.1, 0.15) is 0 Å². The lowest BCUT2D eigenvalue weighted by atomic mass is 9.93. The van der Waals surface area contributed by atoms with Crippen LogP contribution in [0.25, 0.3) is 0 Å². The molecule has 2 unspecified atom stereocenters. The quantitative estimate of drug-likeness (QED) is 0.621. The number of piperidine rings is 1. The Balaban J connectivity index is 1.57. The minimum Gasteiger partial charge on any atom is -0.356 e. The van der Waals surface area contributed by atoms with Crippen molar-refractivity contribution in [3.05, 3.63) is 39.5 Å². The minimum absolute atomic E-state index is 0.452. The molecule has 3 heterocycles. The van der Waals surface area contributed by atoms with Crippen LogP contribution in [-0.4, -0.2) is 47.1 Å². The second-order valence-corrected chi connectivity index (χ2v) is 8.77. The summed E-state index contributed by atoms with van der Waals surface area (Å²) in [5.41, 5.74) is 0. The molecule has 0 aliphatic carbocycles. The fourth-order valence-electron chi connectivity index (χ4n) is 3.21. The van der Waals surface area contributed by atoms with Gasteiger partial charge in [0.25, 0.3) is 0 Å². The molecule has 1 aliphatic heterocycles. The number of aromatic nitrogens is 2. The van der Waals surface area contributed by atoms with E-state index >= 15 is 0 Å². The van der Waals surface area contributed by atoms with Crippen molar-refractivity contribution >= 4 is 33.2 Å². The number of likely N-dealkylation sites (tertiary alicyclic amines) is 1. The number of aliphatic imine (C=N–C) groups is 1. The molecule has 0 aromatic carbocycles. The van der Waals surface area contributed by atoms with Crippen LogP contribution in [0, 0.1) is 5.92 Å². The average molecular weight is 410 g/mol. The van der Waals surface area contributed by atoms with Crippen LogP contribution in [0.3, 0.4) is 0 Å². The van der Waals surface area contributed by atoms with Gasteiger partial charge in [-0.2, -0.15) is 0 Å². The van der Waals surface area contributed by atoms with Crippen LogP contribution in [0.15, 0.2) is 39.6 Å². The normalized spacial score (nSPS) is 22.0. The minimum atomic E-state index is 0.452. The van der Waals surface area contributed by atoms with Crippen molar-refractivity contribution in [1.29, 1.82) is 0 Å². The molecule has 0 bridgehead atoms. The van der Waals surface area contributed by atoms with Gasteiger partial charge in [0.2, 0.25) is 0 Å². The smallest absolute Gasteiger partial charge is 0.193 e. The van der Waals surface area contributed by atoms with E-state index < -0.39 is 0 Å². The Bertz CT molecular complexity index is 666. The number of guanidine groups is 1. The summed E-state index contributed by atoms with van der Waals surface area (Å²) in [5.74, 6) is 1.65. The molecule has 5 nitrogen and oxygen atoms in total. The highest BCUT2D eigenvalue weighted by atomic mass is 79.9. The number of thiophene rings is 1. The van der Waals surface area contributed by atoms with Gasteiger partial charge in [-0.05, 0) is 46.8 Å². The summed E-state index contributed by atoms with van der Waals surface area (Å²) in [7, 11) is 1.87. The molecule has 1 fully saturated rings. The fourth-order valence-corrected chi connectivity index (χ4v) is 4.69. The van der Waals surface area contributed by atoms with Gasteiger partial charge >= 0.3 is 0 Å². The molecule has 0 spiro atoms. The molecule has 7 heteroatoms. The third kappa shape index (κ3) is 4.19. The fraction of sp³-hybridized carbons (Fsp3) is 0.529. The molecule has 130 valence electrons. The lowest BCUT2D eigenvalue weighted by Crippen LogP contribution is -2.49. The van der Waals surface area contributed by atoms with Crippen molar-refractivity contribution in [3.63, 3.8) is 0 Å². The number of halogens is 1. The summed E-state index contributed by atoms with van der Waals surface area (Å²) < 4.78 is 3.42. The average Bonchev–Trinajstić information content (AvgIpc) is 3.24. The van der Waals surface area contributed by atoms with Crippen molar-refractivity contribution in [2.75, 3.05) is 26.7 Å². The molecule has 1 saturated heterocycles. The molecular weight excluding hydrogens is 386 g/mol. The summed E-state index contributed by atoms with van der Waals surface area (Å²) in [6.07, 6.45) is 8.04. The first kappa shape index (κ1) is 17.5. The van der Waals surface area contributed by atoms with Gasteiger partial charge in [-0.3, -0.25) is 4.99 Å². The van der Waals surface area contributed by atoms with Crippen LogP contribution in [0.1, 0.15) is 24.3 Å². The second-order valence-electron chi connectivity index (χ2n) is 6.22. The number of imidazole rings is 1. The monoisotopic (exact) mass is 409 g/mol. The van der Waals surface area contributed by atoms with Gasteiger partial charge in [0, 0.05) is 44.0 Å². The van der Waals surface area contributed by atoms with Crippen molar-refractivity contribution in [2.24, 2.45) is 10.9 Å². The predicted molar refractivity (Wildman–Crippen MR) is 104 cm³/mol. The van der Waals surface area contributed by atoms with E-state index in [2.05, 4.69) is 65.9 Å². The van der Waals surface area contributed by atoms with Crippen molar-refractivity contribution in [3.8, 4) is 0 Å². The van der Waals surface area contributed by atoms with E-state index in [0.717, 1.165) is 32.0 Å². The first-order valence-corrected chi connectivity index (χ1v) is 9.95. The zero-order valence-electron chi connectivity index (χ0n) is 14.2. The lowest BCUT2D eigenvalue weighted by molar-refractivity contribution is 0.189. The van der Waals surface area contributed by atoms with E-state index in [4.69, 9.17) is 0 Å². The molecular formula is C17H24BrN5S. The molecule has 2 atom stereocenters. The number of hydrogen-bond donors (Lipinski definition) is 1. The van der Waals surface area contributed by atoms with Crippen LogP contribution in [0.5, 0.6) is 0 Å². The molecule has 0 amide bonds.